The highest BCUT2D eigenvalue weighted by atomic mass is 32.1. The maximum absolute atomic E-state index is 12.1. The summed E-state index contributed by atoms with van der Waals surface area (Å²) in [5, 5.41) is 13.4. The molecule has 2 aromatic rings. The molecule has 0 atom stereocenters. The van der Waals surface area contributed by atoms with E-state index in [-0.39, 0.29) is 12.5 Å². The van der Waals surface area contributed by atoms with Crippen LogP contribution in [0.5, 0.6) is 0 Å². The topological polar surface area (TPSA) is 49.3 Å². The molecule has 0 saturated heterocycles. The van der Waals surface area contributed by atoms with Gasteiger partial charge in [-0.3, -0.25) is 4.79 Å². The van der Waals surface area contributed by atoms with Gasteiger partial charge in [0.05, 0.1) is 17.0 Å². The van der Waals surface area contributed by atoms with Gasteiger partial charge in [0.2, 0.25) is 0 Å². The quantitative estimate of drug-likeness (QED) is 0.853. The molecule has 0 aliphatic heterocycles. The van der Waals surface area contributed by atoms with Crippen molar-refractivity contribution in [3.63, 3.8) is 0 Å². The minimum Gasteiger partial charge on any atom is -0.395 e. The van der Waals surface area contributed by atoms with Crippen LogP contribution in [0.4, 0.5) is 0 Å². The maximum Gasteiger partial charge on any atom is 0.252 e. The first kappa shape index (κ1) is 15.3. The van der Waals surface area contributed by atoms with Crippen LogP contribution < -0.4 is 5.32 Å². The average Bonchev–Trinajstić information content (AvgIpc) is 2.95. The zero-order valence-corrected chi connectivity index (χ0v) is 12.7. The van der Waals surface area contributed by atoms with Crippen LogP contribution in [0, 0.1) is 18.8 Å². The van der Waals surface area contributed by atoms with Crippen LogP contribution in [0.1, 0.15) is 32.8 Å². The van der Waals surface area contributed by atoms with Gasteiger partial charge in [-0.15, -0.1) is 11.3 Å². The standard InChI is InChI=1S/C17H17NO2S/c1-13-6-2-3-7-14(13)11-18-17(20)15-10-16(21-12-15)8-4-5-9-19/h2-3,6-7,10,12,19H,5,9,11H2,1H3,(H,18,20). The van der Waals surface area contributed by atoms with Crippen molar-refractivity contribution < 1.29 is 9.90 Å². The number of aryl methyl sites for hydroxylation is 1. The molecule has 0 bridgehead atoms. The van der Waals surface area contributed by atoms with Crippen LogP contribution in [-0.4, -0.2) is 17.6 Å². The smallest absolute Gasteiger partial charge is 0.252 e. The van der Waals surface area contributed by atoms with Crippen LogP contribution in [0.15, 0.2) is 35.7 Å². The van der Waals surface area contributed by atoms with E-state index in [2.05, 4.69) is 17.2 Å². The predicted octanol–water partition coefficient (Wildman–Crippen LogP) is 2.72. The van der Waals surface area contributed by atoms with Crippen LogP contribution >= 0.6 is 11.3 Å². The molecule has 1 aromatic carbocycles. The molecular weight excluding hydrogens is 282 g/mol. The molecule has 0 radical (unpaired) electrons. The van der Waals surface area contributed by atoms with Crippen LogP contribution in [0.25, 0.3) is 0 Å². The number of carbonyl (C=O) groups excluding carboxylic acids is 1. The number of amides is 1. The largest absolute Gasteiger partial charge is 0.395 e. The third-order valence-corrected chi connectivity index (χ3v) is 3.86. The van der Waals surface area contributed by atoms with Crippen molar-refractivity contribution in [3.05, 3.63) is 57.3 Å². The lowest BCUT2D eigenvalue weighted by atomic mass is 10.1. The fraction of sp³-hybridized carbons (Fsp3) is 0.235. The number of rotatable bonds is 4. The first-order valence-electron chi connectivity index (χ1n) is 6.71. The number of carbonyl (C=O) groups is 1. The molecule has 0 saturated carbocycles. The van der Waals surface area contributed by atoms with E-state index in [1.54, 1.807) is 11.4 Å². The molecule has 4 heteroatoms. The Balaban J connectivity index is 1.95. The minimum absolute atomic E-state index is 0.0577. The molecule has 2 N–H and O–H groups in total. The lowest BCUT2D eigenvalue weighted by molar-refractivity contribution is 0.0951. The number of nitrogens with one attached hydrogen (secondary N) is 1. The summed E-state index contributed by atoms with van der Waals surface area (Å²) < 4.78 is 0. The monoisotopic (exact) mass is 299 g/mol. The molecule has 0 aliphatic rings. The molecule has 0 spiro atoms. The normalized spacial score (nSPS) is 9.81. The number of aliphatic hydroxyl groups is 1. The number of thiophene rings is 1. The Labute approximate surface area is 128 Å². The third-order valence-electron chi connectivity index (χ3n) is 3.01. The molecule has 0 unspecified atom stereocenters. The molecule has 108 valence electrons. The number of hydrogen-bond acceptors (Lipinski definition) is 3. The Kier molecular flexibility index (Phi) is 5.56. The maximum atomic E-state index is 12.1. The van der Waals surface area contributed by atoms with Gasteiger partial charge in [0.1, 0.15) is 0 Å². The van der Waals surface area contributed by atoms with E-state index in [0.717, 1.165) is 10.4 Å². The van der Waals surface area contributed by atoms with Crippen molar-refractivity contribution in [2.45, 2.75) is 19.9 Å². The van der Waals surface area contributed by atoms with Gasteiger partial charge in [0.15, 0.2) is 0 Å². The molecule has 21 heavy (non-hydrogen) atoms. The van der Waals surface area contributed by atoms with E-state index in [1.165, 1.54) is 16.9 Å². The second-order valence-electron chi connectivity index (χ2n) is 4.58. The molecule has 2 rings (SSSR count). The van der Waals surface area contributed by atoms with E-state index in [4.69, 9.17) is 5.11 Å². The summed E-state index contributed by atoms with van der Waals surface area (Å²) in [6.07, 6.45) is 0.451. The Morgan fingerprint density at radius 2 is 2.19 bits per heavy atom. The second kappa shape index (κ2) is 7.63. The Morgan fingerprint density at radius 1 is 1.38 bits per heavy atom. The Bertz CT molecular complexity index is 679. The van der Waals surface area contributed by atoms with Crippen molar-refractivity contribution >= 4 is 17.2 Å². The van der Waals surface area contributed by atoms with Crippen molar-refractivity contribution in [2.75, 3.05) is 6.61 Å². The molecular formula is C17H17NO2S. The lowest BCUT2D eigenvalue weighted by Crippen LogP contribution is -2.22. The van der Waals surface area contributed by atoms with E-state index in [9.17, 15) is 4.79 Å². The van der Waals surface area contributed by atoms with Gasteiger partial charge in [0, 0.05) is 18.3 Å². The fourth-order valence-corrected chi connectivity index (χ4v) is 2.57. The SMILES string of the molecule is Cc1ccccc1CNC(=O)c1csc(C#CCCO)c1. The zero-order chi connectivity index (χ0) is 15.1. The molecule has 3 nitrogen and oxygen atoms in total. The summed E-state index contributed by atoms with van der Waals surface area (Å²) in [6.45, 7) is 2.61. The lowest BCUT2D eigenvalue weighted by Gasteiger charge is -2.06. The van der Waals surface area contributed by atoms with Gasteiger partial charge in [-0.25, -0.2) is 0 Å². The summed E-state index contributed by atoms with van der Waals surface area (Å²) in [6, 6.07) is 9.77. The second-order valence-corrected chi connectivity index (χ2v) is 5.50. The van der Waals surface area contributed by atoms with Crippen molar-refractivity contribution in [1.29, 1.82) is 0 Å². The van der Waals surface area contributed by atoms with E-state index >= 15 is 0 Å². The van der Waals surface area contributed by atoms with Crippen LogP contribution in [0.3, 0.4) is 0 Å². The Hall–Kier alpha value is -2.09. The van der Waals surface area contributed by atoms with E-state index in [0.29, 0.717) is 18.5 Å². The van der Waals surface area contributed by atoms with Crippen molar-refractivity contribution in [2.24, 2.45) is 0 Å². The van der Waals surface area contributed by atoms with Crippen LogP contribution in [-0.2, 0) is 6.54 Å². The third kappa shape index (κ3) is 4.45. The minimum atomic E-state index is -0.0929. The van der Waals surface area contributed by atoms with Gasteiger partial charge in [0.25, 0.3) is 5.91 Å². The summed E-state index contributed by atoms with van der Waals surface area (Å²) in [5.41, 5.74) is 2.91. The molecule has 1 heterocycles. The average molecular weight is 299 g/mol. The van der Waals surface area contributed by atoms with Gasteiger partial charge >= 0.3 is 0 Å². The van der Waals surface area contributed by atoms with Gasteiger partial charge in [-0.1, -0.05) is 36.1 Å². The summed E-state index contributed by atoms with van der Waals surface area (Å²) in [4.78, 5) is 12.9. The van der Waals surface area contributed by atoms with Gasteiger partial charge < -0.3 is 10.4 Å². The van der Waals surface area contributed by atoms with E-state index < -0.39 is 0 Å². The summed E-state index contributed by atoms with van der Waals surface area (Å²) in [5.74, 6) is 5.69. The molecule has 1 amide bonds. The predicted molar refractivity (Wildman–Crippen MR) is 85.2 cm³/mol. The number of benzene rings is 1. The fourth-order valence-electron chi connectivity index (χ4n) is 1.81. The van der Waals surface area contributed by atoms with Gasteiger partial charge in [-0.05, 0) is 24.1 Å². The van der Waals surface area contributed by atoms with Crippen molar-refractivity contribution in [3.8, 4) is 11.8 Å². The first-order chi connectivity index (χ1) is 10.2. The number of aliphatic hydroxyl groups excluding tert-OH is 1. The van der Waals surface area contributed by atoms with Crippen LogP contribution in [0.2, 0.25) is 0 Å². The highest BCUT2D eigenvalue weighted by molar-refractivity contribution is 7.10. The summed E-state index contributed by atoms with van der Waals surface area (Å²) in [7, 11) is 0. The zero-order valence-electron chi connectivity index (χ0n) is 11.8. The highest BCUT2D eigenvalue weighted by Crippen LogP contribution is 2.14. The van der Waals surface area contributed by atoms with Crippen molar-refractivity contribution in [1.82, 2.24) is 5.32 Å². The highest BCUT2D eigenvalue weighted by Gasteiger charge is 2.08. The van der Waals surface area contributed by atoms with E-state index in [1.807, 2.05) is 31.2 Å². The number of hydrogen-bond donors (Lipinski definition) is 2. The molecule has 1 aromatic heterocycles. The Morgan fingerprint density at radius 3 is 2.95 bits per heavy atom. The molecule has 0 aliphatic carbocycles. The first-order valence-corrected chi connectivity index (χ1v) is 7.59. The van der Waals surface area contributed by atoms with Gasteiger partial charge in [-0.2, -0.15) is 0 Å². The summed E-state index contributed by atoms with van der Waals surface area (Å²) >= 11 is 1.44. The molecule has 0 fully saturated rings.